The fraction of sp³-hybridized carbons (Fsp3) is 0.214. The molecule has 23 heavy (non-hydrogen) atoms. The molecule has 122 valence electrons. The first-order valence-corrected chi connectivity index (χ1v) is 8.98. The molecule has 1 fully saturated rings. The molecule has 1 aliphatic heterocycles. The predicted octanol–water partition coefficient (Wildman–Crippen LogP) is 3.36. The number of hydrogen-bond donors (Lipinski definition) is 1. The number of hydrogen-bond acceptors (Lipinski definition) is 6. The minimum atomic E-state index is -1.00. The van der Waals surface area contributed by atoms with Crippen molar-refractivity contribution in [2.24, 2.45) is 0 Å². The van der Waals surface area contributed by atoms with Gasteiger partial charge in [-0.05, 0) is 59.5 Å². The number of thioether (sulfide) groups is 1. The summed E-state index contributed by atoms with van der Waals surface area (Å²) in [4.78, 5) is 36.9. The van der Waals surface area contributed by atoms with E-state index in [-0.39, 0.29) is 10.7 Å². The lowest BCUT2D eigenvalue weighted by molar-refractivity contribution is -0.148. The van der Waals surface area contributed by atoms with Crippen LogP contribution in [0.25, 0.3) is 6.08 Å². The molecule has 1 heterocycles. The number of rotatable bonds is 3. The summed E-state index contributed by atoms with van der Waals surface area (Å²) in [5.74, 6) is -1.25. The van der Waals surface area contributed by atoms with E-state index in [1.807, 2.05) is 22.6 Å². The Bertz CT molecular complexity index is 736. The zero-order chi connectivity index (χ0) is 17.3. The largest absolute Gasteiger partial charge is 0.506 e. The van der Waals surface area contributed by atoms with Crippen LogP contribution in [0.2, 0.25) is 0 Å². The van der Waals surface area contributed by atoms with Gasteiger partial charge in [-0.1, -0.05) is 15.9 Å². The molecule has 0 radical (unpaired) electrons. The van der Waals surface area contributed by atoms with Crippen LogP contribution in [0, 0.1) is 3.57 Å². The van der Waals surface area contributed by atoms with Crippen LogP contribution in [0.5, 0.6) is 5.75 Å². The molecule has 9 heteroatoms. The van der Waals surface area contributed by atoms with Gasteiger partial charge in [-0.2, -0.15) is 0 Å². The van der Waals surface area contributed by atoms with E-state index in [0.717, 1.165) is 9.37 Å². The molecule has 0 bridgehead atoms. The summed E-state index contributed by atoms with van der Waals surface area (Å²) in [6, 6.07) is 2.35. The van der Waals surface area contributed by atoms with Crippen molar-refractivity contribution >= 4 is 73.5 Å². The highest BCUT2D eigenvalue weighted by Crippen LogP contribution is 2.37. The number of carbonyl (C=O) groups is 3. The molecule has 1 aliphatic rings. The number of esters is 1. The fourth-order valence-corrected chi connectivity index (χ4v) is 4.38. The number of aromatic hydroxyl groups is 1. The van der Waals surface area contributed by atoms with Gasteiger partial charge in [0.1, 0.15) is 11.8 Å². The summed E-state index contributed by atoms with van der Waals surface area (Å²) in [6.07, 6.45) is 1.43. The Morgan fingerprint density at radius 3 is 2.74 bits per heavy atom. The first kappa shape index (κ1) is 18.3. The normalized spacial score (nSPS) is 17.7. The van der Waals surface area contributed by atoms with E-state index in [4.69, 9.17) is 0 Å². The van der Waals surface area contributed by atoms with Gasteiger partial charge in [0, 0.05) is 10.0 Å². The molecule has 0 unspecified atom stereocenters. The summed E-state index contributed by atoms with van der Waals surface area (Å²) in [5.41, 5.74) is 0.403. The van der Waals surface area contributed by atoms with Crippen LogP contribution in [0.3, 0.4) is 0 Å². The van der Waals surface area contributed by atoms with Crippen molar-refractivity contribution in [3.8, 4) is 5.75 Å². The maximum atomic E-state index is 12.4. The van der Waals surface area contributed by atoms with Crippen molar-refractivity contribution in [3.05, 3.63) is 30.6 Å². The average molecular weight is 512 g/mol. The zero-order valence-electron chi connectivity index (χ0n) is 12.0. The SMILES string of the molecule is COC(=O)[C@@H](C)N1C(=O)S/C(=C\c2cc(Br)cc(I)c2O)C1=O. The van der Waals surface area contributed by atoms with Gasteiger partial charge in [-0.15, -0.1) is 0 Å². The van der Waals surface area contributed by atoms with Gasteiger partial charge in [0.2, 0.25) is 0 Å². The predicted molar refractivity (Wildman–Crippen MR) is 97.8 cm³/mol. The first-order valence-electron chi connectivity index (χ1n) is 6.29. The highest BCUT2D eigenvalue weighted by atomic mass is 127. The third-order valence-electron chi connectivity index (χ3n) is 3.10. The van der Waals surface area contributed by atoms with Gasteiger partial charge in [-0.25, -0.2) is 4.79 Å². The summed E-state index contributed by atoms with van der Waals surface area (Å²) in [5, 5.41) is 9.52. The molecule has 1 aromatic rings. The molecular formula is C14H11BrINO5S. The van der Waals surface area contributed by atoms with Gasteiger partial charge in [-0.3, -0.25) is 14.5 Å². The highest BCUT2D eigenvalue weighted by molar-refractivity contribution is 14.1. The maximum absolute atomic E-state index is 12.4. The Morgan fingerprint density at radius 2 is 2.13 bits per heavy atom. The van der Waals surface area contributed by atoms with Crippen LogP contribution in [0.15, 0.2) is 21.5 Å². The second-order valence-corrected chi connectivity index (χ2v) is 7.65. The smallest absolute Gasteiger partial charge is 0.328 e. The molecule has 2 amide bonds. The number of methoxy groups -OCH3 is 1. The molecular weight excluding hydrogens is 501 g/mol. The van der Waals surface area contributed by atoms with Crippen molar-refractivity contribution in [2.45, 2.75) is 13.0 Å². The second-order valence-electron chi connectivity index (χ2n) is 4.58. The standard InChI is InChI=1S/C14H11BrINO5S/c1-6(13(20)22-2)17-12(19)10(23-14(17)21)4-7-3-8(15)5-9(16)11(7)18/h3-6,18H,1-2H3/b10-4-/t6-/m1/s1. The van der Waals surface area contributed by atoms with E-state index < -0.39 is 23.2 Å². The van der Waals surface area contributed by atoms with Gasteiger partial charge in [0.05, 0.1) is 15.6 Å². The number of imide groups is 1. The Hall–Kier alpha value is -1.07. The number of nitrogens with zero attached hydrogens (tertiary/aromatic N) is 1. The van der Waals surface area contributed by atoms with Crippen molar-refractivity contribution in [1.29, 1.82) is 0 Å². The van der Waals surface area contributed by atoms with Crippen LogP contribution in [-0.2, 0) is 14.3 Å². The van der Waals surface area contributed by atoms with Crippen molar-refractivity contribution < 1.29 is 24.2 Å². The van der Waals surface area contributed by atoms with E-state index in [1.165, 1.54) is 20.1 Å². The first-order chi connectivity index (χ1) is 10.8. The van der Waals surface area contributed by atoms with E-state index >= 15 is 0 Å². The highest BCUT2D eigenvalue weighted by Gasteiger charge is 2.41. The summed E-state index contributed by atoms with van der Waals surface area (Å²) < 4.78 is 5.90. The van der Waals surface area contributed by atoms with Crippen molar-refractivity contribution in [3.63, 3.8) is 0 Å². The number of carbonyl (C=O) groups excluding carboxylic acids is 3. The van der Waals surface area contributed by atoms with E-state index in [0.29, 0.717) is 20.9 Å². The Morgan fingerprint density at radius 1 is 1.48 bits per heavy atom. The zero-order valence-corrected chi connectivity index (χ0v) is 16.6. The van der Waals surface area contributed by atoms with Crippen LogP contribution >= 0.6 is 50.3 Å². The number of amides is 2. The molecule has 0 spiro atoms. The number of halogens is 2. The topological polar surface area (TPSA) is 83.9 Å². The fourth-order valence-electron chi connectivity index (χ4n) is 1.93. The third-order valence-corrected chi connectivity index (χ3v) is 5.26. The minimum Gasteiger partial charge on any atom is -0.506 e. The Kier molecular flexibility index (Phi) is 5.74. The van der Waals surface area contributed by atoms with Gasteiger partial charge in [0.15, 0.2) is 0 Å². The molecule has 1 saturated heterocycles. The Labute approximate surface area is 158 Å². The van der Waals surface area contributed by atoms with E-state index in [1.54, 1.807) is 12.1 Å². The Balaban J connectivity index is 2.38. The molecule has 0 aromatic heterocycles. The minimum absolute atomic E-state index is 0.0154. The van der Waals surface area contributed by atoms with E-state index in [2.05, 4.69) is 20.7 Å². The number of benzene rings is 1. The van der Waals surface area contributed by atoms with Crippen LogP contribution < -0.4 is 0 Å². The number of ether oxygens (including phenoxy) is 1. The van der Waals surface area contributed by atoms with Gasteiger partial charge in [0.25, 0.3) is 11.1 Å². The average Bonchev–Trinajstić information content (AvgIpc) is 2.77. The molecule has 2 rings (SSSR count). The monoisotopic (exact) mass is 511 g/mol. The third kappa shape index (κ3) is 3.72. The lowest BCUT2D eigenvalue weighted by Gasteiger charge is -2.18. The number of phenolic OH excluding ortho intramolecular Hbond substituents is 1. The molecule has 1 N–H and O–H groups in total. The van der Waals surface area contributed by atoms with Crippen LogP contribution in [0.4, 0.5) is 4.79 Å². The molecule has 1 aromatic carbocycles. The molecule has 0 aliphatic carbocycles. The second kappa shape index (κ2) is 7.22. The lowest BCUT2D eigenvalue weighted by atomic mass is 10.2. The summed E-state index contributed by atoms with van der Waals surface area (Å²) in [7, 11) is 1.19. The van der Waals surface area contributed by atoms with Crippen LogP contribution in [-0.4, -0.2) is 40.3 Å². The van der Waals surface area contributed by atoms with Crippen molar-refractivity contribution in [1.82, 2.24) is 4.90 Å². The molecule has 0 saturated carbocycles. The van der Waals surface area contributed by atoms with Crippen LogP contribution in [0.1, 0.15) is 12.5 Å². The summed E-state index contributed by atoms with van der Waals surface area (Å²) in [6.45, 7) is 1.42. The maximum Gasteiger partial charge on any atom is 0.328 e. The quantitative estimate of drug-likeness (QED) is 0.380. The van der Waals surface area contributed by atoms with Gasteiger partial charge < -0.3 is 9.84 Å². The lowest BCUT2D eigenvalue weighted by Crippen LogP contribution is -2.42. The number of phenols is 1. The van der Waals surface area contributed by atoms with Crippen molar-refractivity contribution in [2.75, 3.05) is 7.11 Å². The summed E-state index contributed by atoms with van der Waals surface area (Å²) >= 11 is 5.99. The van der Waals surface area contributed by atoms with E-state index in [9.17, 15) is 19.5 Å². The molecule has 6 nitrogen and oxygen atoms in total. The molecule has 1 atom stereocenters. The van der Waals surface area contributed by atoms with Gasteiger partial charge >= 0.3 is 5.97 Å².